The van der Waals surface area contributed by atoms with Crippen molar-refractivity contribution in [2.75, 3.05) is 26.2 Å². The summed E-state index contributed by atoms with van der Waals surface area (Å²) in [7, 11) is 0. The SMILES string of the molecule is CC.CC.CC(=O)N1CC2(CC(N3CCC(c4cnc(C)nc4)CC3)C2)C1. The predicted molar refractivity (Wildman–Crippen MR) is 111 cm³/mol. The lowest BCUT2D eigenvalue weighted by molar-refractivity contribution is -0.155. The molecule has 1 aromatic heterocycles. The van der Waals surface area contributed by atoms with Crippen molar-refractivity contribution < 1.29 is 4.79 Å². The van der Waals surface area contributed by atoms with Gasteiger partial charge in [-0.3, -0.25) is 4.79 Å². The van der Waals surface area contributed by atoms with Gasteiger partial charge in [0.2, 0.25) is 5.91 Å². The second-order valence-electron chi connectivity index (χ2n) is 7.81. The van der Waals surface area contributed by atoms with Gasteiger partial charge in [0.05, 0.1) is 0 Å². The number of hydrogen-bond donors (Lipinski definition) is 0. The number of aromatic nitrogens is 2. The zero-order chi connectivity index (χ0) is 20.0. The molecule has 3 fully saturated rings. The summed E-state index contributed by atoms with van der Waals surface area (Å²) in [6.07, 6.45) is 9.02. The van der Waals surface area contributed by atoms with Gasteiger partial charge in [-0.1, -0.05) is 27.7 Å². The average molecular weight is 375 g/mol. The lowest BCUT2D eigenvalue weighted by Gasteiger charge is -2.61. The second-order valence-corrected chi connectivity index (χ2v) is 7.81. The van der Waals surface area contributed by atoms with Gasteiger partial charge in [-0.05, 0) is 57.2 Å². The van der Waals surface area contributed by atoms with Crippen LogP contribution in [0.4, 0.5) is 0 Å². The highest BCUT2D eigenvalue weighted by atomic mass is 16.2. The Labute approximate surface area is 165 Å². The quantitative estimate of drug-likeness (QED) is 0.784. The van der Waals surface area contributed by atoms with Crippen LogP contribution in [0.5, 0.6) is 0 Å². The maximum absolute atomic E-state index is 11.3. The van der Waals surface area contributed by atoms with E-state index < -0.39 is 0 Å². The van der Waals surface area contributed by atoms with Crippen molar-refractivity contribution in [2.24, 2.45) is 5.41 Å². The fourth-order valence-corrected chi connectivity index (χ4v) is 4.65. The van der Waals surface area contributed by atoms with Crippen LogP contribution in [-0.2, 0) is 4.79 Å². The third kappa shape index (κ3) is 4.87. The van der Waals surface area contributed by atoms with E-state index in [0.717, 1.165) is 25.0 Å². The smallest absolute Gasteiger partial charge is 0.219 e. The van der Waals surface area contributed by atoms with Crippen molar-refractivity contribution in [3.05, 3.63) is 23.8 Å². The zero-order valence-electron chi connectivity index (χ0n) is 18.2. The zero-order valence-corrected chi connectivity index (χ0v) is 18.2. The first-order valence-corrected chi connectivity index (χ1v) is 10.8. The topological polar surface area (TPSA) is 49.3 Å². The van der Waals surface area contributed by atoms with Gasteiger partial charge in [0.1, 0.15) is 5.82 Å². The Morgan fingerprint density at radius 2 is 1.56 bits per heavy atom. The van der Waals surface area contributed by atoms with E-state index in [1.165, 1.54) is 44.3 Å². The standard InChI is InChI=1S/C18H26N4O.2C2H6/c1-13-19-9-16(10-20-13)15-3-5-21(6-4-15)17-7-18(8-17)11-22(12-18)14(2)23;2*1-2/h9-10,15,17H,3-8,11-12H2,1-2H3;2*1-2H3. The van der Waals surface area contributed by atoms with Crippen molar-refractivity contribution >= 4 is 5.91 Å². The summed E-state index contributed by atoms with van der Waals surface area (Å²) in [5.74, 6) is 1.71. The fraction of sp³-hybridized carbons (Fsp3) is 0.773. The summed E-state index contributed by atoms with van der Waals surface area (Å²) in [5.41, 5.74) is 1.77. The molecule has 2 saturated heterocycles. The second kappa shape index (κ2) is 9.63. The first-order valence-electron chi connectivity index (χ1n) is 10.8. The van der Waals surface area contributed by atoms with E-state index in [1.807, 2.05) is 51.9 Å². The summed E-state index contributed by atoms with van der Waals surface area (Å²) < 4.78 is 0. The molecular formula is C22H38N4O. The average Bonchev–Trinajstić information content (AvgIpc) is 2.64. The molecule has 3 heterocycles. The molecule has 5 heteroatoms. The maximum atomic E-state index is 11.3. The van der Waals surface area contributed by atoms with Gasteiger partial charge >= 0.3 is 0 Å². The van der Waals surface area contributed by atoms with Crippen LogP contribution in [0.15, 0.2) is 12.4 Å². The van der Waals surface area contributed by atoms with Crippen LogP contribution in [0, 0.1) is 12.3 Å². The van der Waals surface area contributed by atoms with Crippen LogP contribution < -0.4 is 0 Å². The minimum Gasteiger partial charge on any atom is -0.342 e. The van der Waals surface area contributed by atoms with E-state index in [-0.39, 0.29) is 5.91 Å². The van der Waals surface area contributed by atoms with Crippen molar-refractivity contribution in [3.8, 4) is 0 Å². The van der Waals surface area contributed by atoms with Gasteiger partial charge in [-0.15, -0.1) is 0 Å². The number of hydrogen-bond acceptors (Lipinski definition) is 4. The molecule has 0 unspecified atom stereocenters. The molecular weight excluding hydrogens is 336 g/mol. The van der Waals surface area contributed by atoms with Crippen LogP contribution >= 0.6 is 0 Å². The van der Waals surface area contributed by atoms with E-state index in [1.54, 1.807) is 6.92 Å². The molecule has 0 atom stereocenters. The van der Waals surface area contributed by atoms with Crippen LogP contribution in [-0.4, -0.2) is 57.9 Å². The van der Waals surface area contributed by atoms with Crippen LogP contribution in [0.3, 0.4) is 0 Å². The molecule has 1 aromatic rings. The number of rotatable bonds is 2. The van der Waals surface area contributed by atoms with E-state index in [2.05, 4.69) is 14.9 Å². The molecule has 0 N–H and O–H groups in total. The summed E-state index contributed by atoms with van der Waals surface area (Å²) in [5, 5.41) is 0. The highest BCUT2D eigenvalue weighted by Gasteiger charge is 2.54. The molecule has 3 aliphatic rings. The Balaban J connectivity index is 0.000000614. The number of piperidine rings is 1. The number of aryl methyl sites for hydroxylation is 1. The van der Waals surface area contributed by atoms with Crippen LogP contribution in [0.2, 0.25) is 0 Å². The summed E-state index contributed by atoms with van der Waals surface area (Å²) in [6.45, 7) is 16.0. The Morgan fingerprint density at radius 1 is 1.04 bits per heavy atom. The number of nitrogens with zero attached hydrogens (tertiary/aromatic N) is 4. The summed E-state index contributed by atoms with van der Waals surface area (Å²) >= 11 is 0. The van der Waals surface area contributed by atoms with Crippen LogP contribution in [0.1, 0.15) is 77.6 Å². The number of likely N-dealkylation sites (tertiary alicyclic amines) is 2. The van der Waals surface area contributed by atoms with E-state index in [9.17, 15) is 4.79 Å². The molecule has 1 amide bonds. The predicted octanol–water partition coefficient (Wildman–Crippen LogP) is 4.03. The third-order valence-electron chi connectivity index (χ3n) is 6.15. The molecule has 0 bridgehead atoms. The Morgan fingerprint density at radius 3 is 2.04 bits per heavy atom. The molecule has 27 heavy (non-hydrogen) atoms. The minimum absolute atomic E-state index is 0.236. The highest BCUT2D eigenvalue weighted by molar-refractivity contribution is 5.74. The molecule has 0 aromatic carbocycles. The number of carbonyl (C=O) groups excluding carboxylic acids is 1. The molecule has 0 radical (unpaired) electrons. The van der Waals surface area contributed by atoms with E-state index in [0.29, 0.717) is 11.3 Å². The largest absolute Gasteiger partial charge is 0.342 e. The lowest BCUT2D eigenvalue weighted by Crippen LogP contribution is -2.67. The third-order valence-corrected chi connectivity index (χ3v) is 6.15. The van der Waals surface area contributed by atoms with Gasteiger partial charge in [-0.25, -0.2) is 9.97 Å². The molecule has 1 saturated carbocycles. The molecule has 152 valence electrons. The fourth-order valence-electron chi connectivity index (χ4n) is 4.65. The van der Waals surface area contributed by atoms with Crippen molar-refractivity contribution in [1.82, 2.24) is 19.8 Å². The van der Waals surface area contributed by atoms with Gasteiger partial charge in [0.15, 0.2) is 0 Å². The molecule has 5 nitrogen and oxygen atoms in total. The van der Waals surface area contributed by atoms with Gasteiger partial charge in [0.25, 0.3) is 0 Å². The van der Waals surface area contributed by atoms with Crippen molar-refractivity contribution in [1.29, 1.82) is 0 Å². The first kappa shape index (κ1) is 21.8. The Bertz CT molecular complexity index is 579. The van der Waals surface area contributed by atoms with Crippen molar-refractivity contribution in [2.45, 2.75) is 79.2 Å². The molecule has 2 aliphatic heterocycles. The van der Waals surface area contributed by atoms with Gasteiger partial charge in [-0.2, -0.15) is 0 Å². The van der Waals surface area contributed by atoms with Crippen LogP contribution in [0.25, 0.3) is 0 Å². The first-order chi connectivity index (χ1) is 13.0. The van der Waals surface area contributed by atoms with Gasteiger partial charge in [0, 0.05) is 43.9 Å². The highest BCUT2D eigenvalue weighted by Crippen LogP contribution is 2.50. The van der Waals surface area contributed by atoms with E-state index in [4.69, 9.17) is 0 Å². The molecule has 4 rings (SSSR count). The monoisotopic (exact) mass is 374 g/mol. The minimum atomic E-state index is 0.236. The normalized spacial score (nSPS) is 21.9. The molecule has 1 spiro atoms. The number of amides is 1. The Hall–Kier alpha value is -1.49. The summed E-state index contributed by atoms with van der Waals surface area (Å²) in [6, 6.07) is 0.749. The Kier molecular flexibility index (Phi) is 7.78. The maximum Gasteiger partial charge on any atom is 0.219 e. The lowest BCUT2D eigenvalue weighted by atomic mass is 9.60. The van der Waals surface area contributed by atoms with Gasteiger partial charge < -0.3 is 9.80 Å². The molecule has 1 aliphatic carbocycles. The van der Waals surface area contributed by atoms with Crippen molar-refractivity contribution in [3.63, 3.8) is 0 Å². The summed E-state index contributed by atoms with van der Waals surface area (Å²) in [4.78, 5) is 24.7. The number of carbonyl (C=O) groups is 1. The van der Waals surface area contributed by atoms with E-state index >= 15 is 0 Å².